The van der Waals surface area contributed by atoms with Gasteiger partial charge in [-0.05, 0) is 69.0 Å². The molecule has 1 aliphatic rings. The molecule has 1 heterocycles. The fourth-order valence-electron chi connectivity index (χ4n) is 14.5. The summed E-state index contributed by atoms with van der Waals surface area (Å²) in [5.74, 6) is -13.9. The summed E-state index contributed by atoms with van der Waals surface area (Å²) in [6.45, 7) is 22.6. The summed E-state index contributed by atoms with van der Waals surface area (Å²) in [5, 5.41) is 39.8. The van der Waals surface area contributed by atoms with Crippen LogP contribution in [0.5, 0.6) is 0 Å². The number of methoxy groups -OCH3 is 3. The number of alkyl carbamates (subject to hydrolysis) is 1. The monoisotopic (exact) mass is 2000 g/mol. The van der Waals surface area contributed by atoms with Crippen LogP contribution >= 0.6 is 0 Å². The molecule has 0 saturated carbocycles. The second kappa shape index (κ2) is 72.9. The van der Waals surface area contributed by atoms with E-state index >= 15 is 0 Å². The summed E-state index contributed by atoms with van der Waals surface area (Å²) < 4.78 is 71.4. The highest BCUT2D eigenvalue weighted by Crippen LogP contribution is 2.30. The number of Topliss-reactive ketones (excluding diaryl/α,β-unsaturated/α-hetero) is 1. The number of amides is 14. The third kappa shape index (κ3) is 55.2. The third-order valence-corrected chi connectivity index (χ3v) is 22.1. The molecular weight excluding hydrogens is 1840 g/mol. The molecule has 1 fully saturated rings. The smallest absolute Gasteiger partial charge is 0.407 e. The molecule has 46 heteroatoms. The van der Waals surface area contributed by atoms with Crippen molar-refractivity contribution in [2.45, 2.75) is 201 Å². The maximum absolute atomic E-state index is 14.6. The fourth-order valence-corrected chi connectivity index (χ4v) is 14.5. The Bertz CT molecular complexity index is 3880. The lowest BCUT2D eigenvalue weighted by atomic mass is 9.89. The molecule has 0 unspecified atom stereocenters. The number of aliphatic carboxylic acids is 1. The lowest BCUT2D eigenvalue weighted by Crippen LogP contribution is -2.59. The number of ether oxygens (including phenoxy) is 13. The first-order valence-corrected chi connectivity index (χ1v) is 47.9. The Morgan fingerprint density at radius 3 is 1.54 bits per heavy atom. The first-order chi connectivity index (χ1) is 66.6. The predicted molar refractivity (Wildman–Crippen MR) is 510 cm³/mol. The zero-order valence-corrected chi connectivity index (χ0v) is 85.1. The highest BCUT2D eigenvalue weighted by molar-refractivity contribution is 5.95. The minimum absolute atomic E-state index is 0.00951. The van der Waals surface area contributed by atoms with Crippen LogP contribution in [0.3, 0.4) is 0 Å². The Labute approximate surface area is 822 Å². The first-order valence-electron chi connectivity index (χ1n) is 47.9. The van der Waals surface area contributed by atoms with Gasteiger partial charge in [-0.2, -0.15) is 0 Å². The second-order valence-electron chi connectivity index (χ2n) is 35.8. The van der Waals surface area contributed by atoms with E-state index in [0.29, 0.717) is 98.5 Å². The van der Waals surface area contributed by atoms with E-state index in [0.717, 1.165) is 5.56 Å². The van der Waals surface area contributed by atoms with Crippen molar-refractivity contribution in [1.82, 2.24) is 78.5 Å². The third-order valence-electron chi connectivity index (χ3n) is 22.1. The molecule has 0 radical (unpaired) electrons. The van der Waals surface area contributed by atoms with Crippen LogP contribution in [0.25, 0.3) is 0 Å². The molecule has 0 aromatic heterocycles. The summed E-state index contributed by atoms with van der Waals surface area (Å²) in [5.41, 5.74) is 0.657. The number of hydrogen-bond donors (Lipinski definition) is 13. The Balaban J connectivity index is 1.98. The molecule has 0 aliphatic carbocycles. The first kappa shape index (κ1) is 126. The van der Waals surface area contributed by atoms with Gasteiger partial charge < -0.3 is 140 Å². The van der Waals surface area contributed by atoms with E-state index in [2.05, 4.69) is 63.8 Å². The van der Waals surface area contributed by atoms with Crippen LogP contribution in [0.15, 0.2) is 30.3 Å². The molecule has 2 rings (SSSR count). The number of hydrogen-bond acceptors (Lipinski definition) is 31. The largest absolute Gasteiger partial charge is 0.480 e. The molecule has 1 aromatic rings. The Morgan fingerprint density at radius 1 is 0.486 bits per heavy atom. The molecule has 140 heavy (non-hydrogen) atoms. The lowest BCUT2D eigenvalue weighted by Gasteiger charge is -2.41. The van der Waals surface area contributed by atoms with Crippen molar-refractivity contribution in [3.8, 4) is 0 Å². The number of carbonyl (C=O) groups is 17. The molecule has 13 N–H and O–H groups in total. The second-order valence-corrected chi connectivity index (χ2v) is 35.8. The van der Waals surface area contributed by atoms with Gasteiger partial charge in [-0.3, -0.25) is 72.0 Å². The maximum Gasteiger partial charge on any atom is 0.407 e. The number of carboxylic acids is 1. The SMILES string of the molecule is CC[C@H](C)[C@@H]([C@@H](CC(=O)N1CCC[C@H]1[C@H](OC)[C@@H](C)C(=O)N[C@@H](Cc1ccccc1)C(=O)NCCCOC(=O)[C@H](C)NC(=O)C[C@H](NC(=O)CCNC(=O)OC[C@H](CC(=O)CNC(=O)CNC(=O)CNC(=O)CNC(=O)CCNC(=O)CCOCC(C)(C)C)C(=O)NCCOCCOCCOCCOCCOCCOCCOCCOC)C(=O)O)OC)N(C)C(=O)[C@@H](NC(=O)[C@H](C(C)C)N(C)C)C(C)C. The number of nitrogens with zero attached hydrogens (tertiary/aromatic N) is 3. The van der Waals surface area contributed by atoms with Crippen molar-refractivity contribution in [2.75, 3.05) is 227 Å². The van der Waals surface area contributed by atoms with E-state index in [1.54, 1.807) is 61.2 Å². The predicted octanol–water partition coefficient (Wildman–Crippen LogP) is -1.13. The summed E-state index contributed by atoms with van der Waals surface area (Å²) in [6, 6.07) is 2.17. The maximum atomic E-state index is 14.6. The van der Waals surface area contributed by atoms with E-state index in [1.807, 2.05) is 81.3 Å². The zero-order valence-electron chi connectivity index (χ0n) is 85.1. The highest BCUT2D eigenvalue weighted by atomic mass is 16.6. The number of esters is 1. The van der Waals surface area contributed by atoms with Crippen LogP contribution in [0.2, 0.25) is 0 Å². The van der Waals surface area contributed by atoms with Crippen LogP contribution in [0, 0.1) is 35.0 Å². The van der Waals surface area contributed by atoms with Crippen LogP contribution in [0.4, 0.5) is 4.79 Å². The topological polar surface area (TPSA) is 584 Å². The minimum atomic E-state index is -1.83. The van der Waals surface area contributed by atoms with Crippen LogP contribution < -0.4 is 63.8 Å². The Kier molecular flexibility index (Phi) is 65.5. The average molecular weight is 2000 g/mol. The van der Waals surface area contributed by atoms with E-state index in [1.165, 1.54) is 21.1 Å². The molecule has 46 nitrogen and oxygen atoms in total. The van der Waals surface area contributed by atoms with E-state index in [4.69, 9.17) is 61.6 Å². The van der Waals surface area contributed by atoms with Gasteiger partial charge in [0.1, 0.15) is 30.8 Å². The minimum Gasteiger partial charge on any atom is -0.480 e. The quantitative estimate of drug-likeness (QED) is 0.0271. The lowest BCUT2D eigenvalue weighted by molar-refractivity contribution is -0.148. The molecular formula is C94H161N15O31. The highest BCUT2D eigenvalue weighted by Gasteiger charge is 2.44. The number of likely N-dealkylation sites (N-methyl/N-ethyl adjacent to an activating group) is 2. The van der Waals surface area contributed by atoms with Gasteiger partial charge in [0.25, 0.3) is 0 Å². The standard InChI is InChI=1S/C94H161N15O31/c1-18-64(6)84(108(14)90(123)82(62(2)3)106-89(122)83(63(4)5)107(12)13)73(129-16)55-81(118)109-34-22-26-72(109)85(130-17)65(7)86(119)105-70(52-67-24-20-19-21-25-67)88(121)96-30-23-35-139-92(126)66(8)103-77(114)54-71(91(124)125)104-76(113)28-32-98-93(127)140-60-68(87(120)97-33-37-131-40-41-133-44-45-135-48-49-137-51-50-136-47-46-134-43-42-132-39-38-128-15)53-69(110)56-99-78(115)58-101-80(117)59-102-79(116)57-100-74(111)27-31-95-75(112)29-36-138-61-94(9,10)11/h19-21,24-25,62-66,68,70-73,82-85H,18,22-23,26-61H2,1-17H3,(H,95,112)(H,96,121)(H,97,120)(H,98,127)(H,99,115)(H,100,111)(H,101,117)(H,102,116)(H,103,114)(H,104,113)(H,105,119)(H,106,122)(H,124,125)/t64-,65+,66-,68-,70-,71-,72-,73+,82-,83-,84-,85+/m0/s1. The number of rotatable bonds is 78. The Hall–Kier alpha value is -10.3. The Morgan fingerprint density at radius 2 is 1.01 bits per heavy atom. The normalized spacial score (nSPS) is 14.9. The van der Waals surface area contributed by atoms with Crippen LogP contribution in [0.1, 0.15) is 146 Å². The average Bonchev–Trinajstić information content (AvgIpc) is 1.57. The summed E-state index contributed by atoms with van der Waals surface area (Å²) in [7, 11) is 9.85. The van der Waals surface area contributed by atoms with Gasteiger partial charge in [0.15, 0.2) is 5.78 Å². The number of likely N-dealkylation sites (tertiary alicyclic amines) is 1. The van der Waals surface area contributed by atoms with E-state index in [-0.39, 0.29) is 145 Å². The number of benzene rings is 1. The van der Waals surface area contributed by atoms with Gasteiger partial charge >= 0.3 is 18.0 Å². The van der Waals surface area contributed by atoms with Gasteiger partial charge in [-0.25, -0.2) is 14.4 Å². The molecule has 1 aromatic carbocycles. The van der Waals surface area contributed by atoms with Crippen molar-refractivity contribution in [1.29, 1.82) is 0 Å². The van der Waals surface area contributed by atoms with Gasteiger partial charge in [0.05, 0.1) is 200 Å². The molecule has 14 amide bonds. The molecule has 1 aliphatic heterocycles. The van der Waals surface area contributed by atoms with Crippen molar-refractivity contribution in [3.63, 3.8) is 0 Å². The van der Waals surface area contributed by atoms with Crippen molar-refractivity contribution in [2.24, 2.45) is 35.0 Å². The van der Waals surface area contributed by atoms with Crippen molar-refractivity contribution >= 4 is 101 Å². The summed E-state index contributed by atoms with van der Waals surface area (Å²) in [4.78, 5) is 229. The number of nitrogens with one attached hydrogen (secondary N) is 12. The zero-order chi connectivity index (χ0) is 104. The van der Waals surface area contributed by atoms with E-state index < -0.39 is 202 Å². The molecule has 12 atom stereocenters. The van der Waals surface area contributed by atoms with Gasteiger partial charge in [-0.15, -0.1) is 0 Å². The fraction of sp³-hybridized carbons (Fsp3) is 0.755. The van der Waals surface area contributed by atoms with Crippen LogP contribution in [-0.2, 0) is 145 Å². The van der Waals surface area contributed by atoms with Gasteiger partial charge in [0.2, 0.25) is 76.8 Å². The van der Waals surface area contributed by atoms with Crippen molar-refractivity contribution < 1.29 is 148 Å². The van der Waals surface area contributed by atoms with Crippen LogP contribution in [-0.4, -0.2) is 402 Å². The molecule has 0 spiro atoms. The number of ketones is 1. The van der Waals surface area contributed by atoms with Crippen molar-refractivity contribution in [3.05, 3.63) is 35.9 Å². The number of carbonyl (C=O) groups excluding carboxylic acids is 16. The molecule has 1 saturated heterocycles. The molecule has 0 bridgehead atoms. The molecule has 798 valence electrons. The number of carboxylic acid groups (broad SMARTS) is 1. The van der Waals surface area contributed by atoms with Gasteiger partial charge in [-0.1, -0.05) is 106 Å². The summed E-state index contributed by atoms with van der Waals surface area (Å²) >= 11 is 0. The summed E-state index contributed by atoms with van der Waals surface area (Å²) in [6.07, 6.45) is -3.07. The van der Waals surface area contributed by atoms with E-state index in [9.17, 15) is 86.6 Å². The van der Waals surface area contributed by atoms with Gasteiger partial charge in [0, 0.05) is 93.2 Å².